The maximum absolute atomic E-state index is 12.4. The second-order valence-electron chi connectivity index (χ2n) is 6.04. The van der Waals surface area contributed by atoms with Crippen LogP contribution in [-0.4, -0.2) is 34.1 Å². The largest absolute Gasteiger partial charge is 0.342 e. The zero-order valence-corrected chi connectivity index (χ0v) is 14.2. The van der Waals surface area contributed by atoms with Gasteiger partial charge in [-0.1, -0.05) is 30.0 Å². The smallest absolute Gasteiger partial charge is 0.235 e. The molecule has 1 unspecified atom stereocenters. The van der Waals surface area contributed by atoms with Crippen LogP contribution in [0.15, 0.2) is 29.3 Å². The first-order chi connectivity index (χ1) is 10.6. The van der Waals surface area contributed by atoms with Crippen molar-refractivity contribution in [1.82, 2.24) is 9.88 Å². The Bertz CT molecular complexity index is 708. The number of thioether (sulfide) groups is 1. The maximum atomic E-state index is 12.4. The minimum Gasteiger partial charge on any atom is -0.342 e. The summed E-state index contributed by atoms with van der Waals surface area (Å²) in [5.41, 5.74) is 3.45. The normalized spacial score (nSPS) is 16.2. The third-order valence-electron chi connectivity index (χ3n) is 4.29. The summed E-state index contributed by atoms with van der Waals surface area (Å²) in [6, 6.07) is 8.36. The van der Waals surface area contributed by atoms with Gasteiger partial charge in [0, 0.05) is 18.5 Å². The van der Waals surface area contributed by atoms with Crippen LogP contribution >= 0.6 is 11.8 Å². The fourth-order valence-corrected chi connectivity index (χ4v) is 4.02. The highest BCUT2D eigenvalue weighted by Crippen LogP contribution is 2.29. The van der Waals surface area contributed by atoms with Crippen LogP contribution in [0.5, 0.6) is 0 Å². The number of fused-ring (bicyclic) bond motifs is 1. The summed E-state index contributed by atoms with van der Waals surface area (Å²) in [4.78, 5) is 19.2. The molecule has 1 aromatic heterocycles. The van der Waals surface area contributed by atoms with E-state index in [9.17, 15) is 4.79 Å². The van der Waals surface area contributed by atoms with E-state index in [0.29, 0.717) is 0 Å². The van der Waals surface area contributed by atoms with Crippen molar-refractivity contribution in [3.63, 3.8) is 0 Å². The molecule has 1 atom stereocenters. The molecule has 0 saturated carbocycles. The van der Waals surface area contributed by atoms with Gasteiger partial charge in [0.2, 0.25) is 5.91 Å². The standard InChI is InChI=1S/C18H22N2OS/c1-12-7-6-8-15-13(2)11-16(19-17(12)15)22-14(3)18(21)20-9-4-5-10-20/h6-8,11,14H,4-5,9-10H2,1-3H3. The Labute approximate surface area is 136 Å². The fourth-order valence-electron chi connectivity index (χ4n) is 3.02. The Kier molecular flexibility index (Phi) is 4.39. The summed E-state index contributed by atoms with van der Waals surface area (Å²) in [7, 11) is 0. The second-order valence-corrected chi connectivity index (χ2v) is 7.40. The van der Waals surface area contributed by atoms with Crippen molar-refractivity contribution in [1.29, 1.82) is 0 Å². The van der Waals surface area contributed by atoms with Crippen molar-refractivity contribution in [3.8, 4) is 0 Å². The van der Waals surface area contributed by atoms with E-state index in [0.717, 1.165) is 36.5 Å². The molecule has 2 heterocycles. The Balaban J connectivity index is 1.84. The number of amides is 1. The summed E-state index contributed by atoms with van der Waals surface area (Å²) in [5.74, 6) is 0.242. The van der Waals surface area contributed by atoms with Crippen LogP contribution in [0.2, 0.25) is 0 Å². The van der Waals surface area contributed by atoms with Gasteiger partial charge in [0.05, 0.1) is 15.8 Å². The molecule has 1 saturated heterocycles. The van der Waals surface area contributed by atoms with Gasteiger partial charge in [0.1, 0.15) is 0 Å². The van der Waals surface area contributed by atoms with Crippen molar-refractivity contribution in [3.05, 3.63) is 35.4 Å². The number of hydrogen-bond donors (Lipinski definition) is 0. The molecule has 1 aliphatic rings. The number of para-hydroxylation sites is 1. The number of likely N-dealkylation sites (tertiary alicyclic amines) is 1. The summed E-state index contributed by atoms with van der Waals surface area (Å²) in [6.07, 6.45) is 2.27. The molecular formula is C18H22N2OS. The summed E-state index contributed by atoms with van der Waals surface area (Å²) >= 11 is 1.57. The molecule has 2 aromatic rings. The SMILES string of the molecule is Cc1cc(SC(C)C(=O)N2CCCC2)nc2c(C)cccc12. The molecule has 1 aromatic carbocycles. The van der Waals surface area contributed by atoms with Crippen molar-refractivity contribution in [2.24, 2.45) is 0 Å². The molecule has 0 aliphatic carbocycles. The number of hydrogen-bond acceptors (Lipinski definition) is 3. The minimum atomic E-state index is -0.0773. The molecule has 22 heavy (non-hydrogen) atoms. The van der Waals surface area contributed by atoms with Crippen LogP contribution in [0.4, 0.5) is 0 Å². The lowest BCUT2D eigenvalue weighted by Gasteiger charge is -2.20. The van der Waals surface area contributed by atoms with Crippen molar-refractivity contribution in [2.75, 3.05) is 13.1 Å². The van der Waals surface area contributed by atoms with Gasteiger partial charge in [-0.2, -0.15) is 0 Å². The van der Waals surface area contributed by atoms with Crippen LogP contribution in [0.3, 0.4) is 0 Å². The quantitative estimate of drug-likeness (QED) is 0.804. The monoisotopic (exact) mass is 314 g/mol. The molecule has 0 radical (unpaired) electrons. The Morgan fingerprint density at radius 3 is 2.68 bits per heavy atom. The molecular weight excluding hydrogens is 292 g/mol. The van der Waals surface area contributed by atoms with Crippen molar-refractivity contribution >= 4 is 28.6 Å². The molecule has 0 bridgehead atoms. The lowest BCUT2D eigenvalue weighted by Crippen LogP contribution is -2.34. The van der Waals surface area contributed by atoms with Gasteiger partial charge in [-0.15, -0.1) is 0 Å². The topological polar surface area (TPSA) is 33.2 Å². The van der Waals surface area contributed by atoms with Gasteiger partial charge in [-0.3, -0.25) is 4.79 Å². The summed E-state index contributed by atoms with van der Waals surface area (Å²) in [5, 5.41) is 2.06. The Morgan fingerprint density at radius 1 is 1.23 bits per heavy atom. The van der Waals surface area contributed by atoms with E-state index in [2.05, 4.69) is 38.1 Å². The summed E-state index contributed by atoms with van der Waals surface area (Å²) in [6.45, 7) is 8.01. The van der Waals surface area contributed by atoms with Crippen LogP contribution in [0.25, 0.3) is 10.9 Å². The van der Waals surface area contributed by atoms with Crippen LogP contribution < -0.4 is 0 Å². The van der Waals surface area contributed by atoms with E-state index in [1.165, 1.54) is 16.5 Å². The second kappa shape index (κ2) is 6.29. The van der Waals surface area contributed by atoms with Crippen LogP contribution in [-0.2, 0) is 4.79 Å². The van der Waals surface area contributed by atoms with Gasteiger partial charge in [-0.05, 0) is 50.8 Å². The summed E-state index contributed by atoms with van der Waals surface area (Å²) < 4.78 is 0. The van der Waals surface area contributed by atoms with Crippen LogP contribution in [0, 0.1) is 13.8 Å². The maximum Gasteiger partial charge on any atom is 0.235 e. The lowest BCUT2D eigenvalue weighted by atomic mass is 10.1. The highest BCUT2D eigenvalue weighted by atomic mass is 32.2. The molecule has 1 amide bonds. The number of pyridine rings is 1. The predicted molar refractivity (Wildman–Crippen MR) is 92.4 cm³/mol. The molecule has 0 spiro atoms. The molecule has 3 nitrogen and oxygen atoms in total. The molecule has 1 aliphatic heterocycles. The molecule has 0 N–H and O–H groups in total. The van der Waals surface area contributed by atoms with Gasteiger partial charge >= 0.3 is 0 Å². The number of rotatable bonds is 3. The van der Waals surface area contributed by atoms with Gasteiger partial charge < -0.3 is 4.90 Å². The van der Waals surface area contributed by atoms with E-state index in [1.54, 1.807) is 11.8 Å². The fraction of sp³-hybridized carbons (Fsp3) is 0.444. The predicted octanol–water partition coefficient (Wildman–Crippen LogP) is 3.95. The number of aromatic nitrogens is 1. The number of nitrogens with zero attached hydrogens (tertiary/aromatic N) is 2. The van der Waals surface area contributed by atoms with Gasteiger partial charge in [-0.25, -0.2) is 4.98 Å². The van der Waals surface area contributed by atoms with E-state index in [-0.39, 0.29) is 11.2 Å². The first-order valence-corrected chi connectivity index (χ1v) is 8.76. The van der Waals surface area contributed by atoms with E-state index in [4.69, 9.17) is 4.98 Å². The van der Waals surface area contributed by atoms with Crippen molar-refractivity contribution in [2.45, 2.75) is 43.9 Å². The molecule has 116 valence electrons. The third kappa shape index (κ3) is 2.98. The first kappa shape index (κ1) is 15.3. The first-order valence-electron chi connectivity index (χ1n) is 7.88. The molecule has 3 rings (SSSR count). The highest BCUT2D eigenvalue weighted by Gasteiger charge is 2.24. The highest BCUT2D eigenvalue weighted by molar-refractivity contribution is 8.00. The van der Waals surface area contributed by atoms with Crippen molar-refractivity contribution < 1.29 is 4.79 Å². The van der Waals surface area contributed by atoms with E-state index in [1.807, 2.05) is 11.8 Å². The zero-order valence-electron chi connectivity index (χ0n) is 13.4. The number of aryl methyl sites for hydroxylation is 2. The third-order valence-corrected chi connectivity index (χ3v) is 5.29. The van der Waals surface area contributed by atoms with E-state index >= 15 is 0 Å². The molecule has 1 fully saturated rings. The Morgan fingerprint density at radius 2 is 1.95 bits per heavy atom. The average molecular weight is 314 g/mol. The van der Waals surface area contributed by atoms with Gasteiger partial charge in [0.25, 0.3) is 0 Å². The van der Waals surface area contributed by atoms with Gasteiger partial charge in [0.15, 0.2) is 0 Å². The number of carbonyl (C=O) groups excluding carboxylic acids is 1. The molecule has 4 heteroatoms. The number of carbonyl (C=O) groups is 1. The lowest BCUT2D eigenvalue weighted by molar-refractivity contribution is -0.129. The van der Waals surface area contributed by atoms with E-state index < -0.39 is 0 Å². The zero-order chi connectivity index (χ0) is 15.7. The minimum absolute atomic E-state index is 0.0773. The van der Waals surface area contributed by atoms with Crippen LogP contribution in [0.1, 0.15) is 30.9 Å². The average Bonchev–Trinajstić information content (AvgIpc) is 3.02. The number of benzene rings is 1. The Hall–Kier alpha value is -1.55.